The molecule has 0 bridgehead atoms. The molecule has 0 amide bonds. The first kappa shape index (κ1) is 14.3. The lowest BCUT2D eigenvalue weighted by Gasteiger charge is -2.11. The van der Waals surface area contributed by atoms with Crippen LogP contribution in [0.2, 0.25) is 0 Å². The zero-order valence-corrected chi connectivity index (χ0v) is 12.3. The van der Waals surface area contributed by atoms with Crippen molar-refractivity contribution in [1.29, 1.82) is 5.26 Å². The second kappa shape index (κ2) is 7.49. The molecule has 0 spiro atoms. The van der Waals surface area contributed by atoms with Crippen LogP contribution in [0.25, 0.3) is 0 Å². The molecular formula is C14H17BrN2O2. The maximum absolute atomic E-state index is 8.78. The third kappa shape index (κ3) is 4.50. The maximum Gasteiger partial charge on any atom is 0.0992 e. The summed E-state index contributed by atoms with van der Waals surface area (Å²) in [5.41, 5.74) is 1.66. The molecular weight excluding hydrogens is 308 g/mol. The Kier molecular flexibility index (Phi) is 5.64. The first-order valence-corrected chi connectivity index (χ1v) is 7.22. The fourth-order valence-corrected chi connectivity index (χ4v) is 2.44. The number of hydrogen-bond donors (Lipinski definition) is 1. The number of ether oxygens (including phenoxy) is 2. The minimum Gasteiger partial charge on any atom is -0.384 e. The van der Waals surface area contributed by atoms with Crippen LogP contribution in [0.15, 0.2) is 22.7 Å². The number of nitrogens with zero attached hydrogens (tertiary/aromatic N) is 1. The van der Waals surface area contributed by atoms with Crippen molar-refractivity contribution >= 4 is 21.6 Å². The highest BCUT2D eigenvalue weighted by molar-refractivity contribution is 9.10. The summed E-state index contributed by atoms with van der Waals surface area (Å²) in [5.74, 6) is 0. The van der Waals surface area contributed by atoms with Gasteiger partial charge in [0.05, 0.1) is 24.3 Å². The van der Waals surface area contributed by atoms with Gasteiger partial charge in [0.2, 0.25) is 0 Å². The number of hydrogen-bond acceptors (Lipinski definition) is 4. The highest BCUT2D eigenvalue weighted by Gasteiger charge is 2.15. The van der Waals surface area contributed by atoms with Crippen molar-refractivity contribution < 1.29 is 9.47 Å². The van der Waals surface area contributed by atoms with Crippen LogP contribution in [-0.2, 0) is 9.47 Å². The van der Waals surface area contributed by atoms with E-state index in [4.69, 9.17) is 14.7 Å². The van der Waals surface area contributed by atoms with Gasteiger partial charge in [0.1, 0.15) is 0 Å². The molecule has 0 saturated carbocycles. The Balaban J connectivity index is 1.66. The van der Waals surface area contributed by atoms with Gasteiger partial charge in [-0.1, -0.05) is 0 Å². The van der Waals surface area contributed by atoms with Crippen molar-refractivity contribution in [3.8, 4) is 6.07 Å². The average molecular weight is 325 g/mol. The summed E-state index contributed by atoms with van der Waals surface area (Å²) >= 11 is 3.45. The molecule has 1 N–H and O–H groups in total. The lowest BCUT2D eigenvalue weighted by molar-refractivity contribution is 0.0427. The SMILES string of the molecule is N#Cc1ccc(NCCCO[C@@H]2CCOC2)c(Br)c1. The molecule has 1 saturated heterocycles. The van der Waals surface area contributed by atoms with Gasteiger partial charge in [0.15, 0.2) is 0 Å². The number of anilines is 1. The van der Waals surface area contributed by atoms with Gasteiger partial charge in [-0.3, -0.25) is 0 Å². The van der Waals surface area contributed by atoms with E-state index in [1.165, 1.54) is 0 Å². The van der Waals surface area contributed by atoms with E-state index >= 15 is 0 Å². The average Bonchev–Trinajstić information content (AvgIpc) is 2.93. The van der Waals surface area contributed by atoms with Crippen molar-refractivity contribution in [1.82, 2.24) is 0 Å². The van der Waals surface area contributed by atoms with E-state index in [9.17, 15) is 0 Å². The second-order valence-corrected chi connectivity index (χ2v) is 5.30. The number of halogens is 1. The number of rotatable bonds is 6. The molecule has 1 aromatic rings. The Hall–Kier alpha value is -1.09. The molecule has 0 radical (unpaired) electrons. The lowest BCUT2D eigenvalue weighted by atomic mass is 10.2. The molecule has 4 nitrogen and oxygen atoms in total. The zero-order chi connectivity index (χ0) is 13.5. The number of nitriles is 1. The number of benzene rings is 1. The summed E-state index contributed by atoms with van der Waals surface area (Å²) in [4.78, 5) is 0. The quantitative estimate of drug-likeness (QED) is 0.817. The first-order valence-electron chi connectivity index (χ1n) is 6.42. The van der Waals surface area contributed by atoms with Crippen molar-refractivity contribution in [2.24, 2.45) is 0 Å². The molecule has 0 aliphatic carbocycles. The van der Waals surface area contributed by atoms with Crippen molar-refractivity contribution in [3.05, 3.63) is 28.2 Å². The molecule has 1 fully saturated rings. The third-order valence-corrected chi connectivity index (χ3v) is 3.63. The lowest BCUT2D eigenvalue weighted by Crippen LogP contribution is -2.15. The molecule has 1 heterocycles. The fraction of sp³-hybridized carbons (Fsp3) is 0.500. The molecule has 0 unspecified atom stereocenters. The normalized spacial score (nSPS) is 18.2. The van der Waals surface area contributed by atoms with Crippen LogP contribution in [0, 0.1) is 11.3 Å². The highest BCUT2D eigenvalue weighted by Crippen LogP contribution is 2.23. The van der Waals surface area contributed by atoms with E-state index in [1.807, 2.05) is 12.1 Å². The Bertz CT molecular complexity index is 453. The Morgan fingerprint density at radius 1 is 1.53 bits per heavy atom. The van der Waals surface area contributed by atoms with Crippen LogP contribution in [0.4, 0.5) is 5.69 Å². The van der Waals surface area contributed by atoms with Crippen molar-refractivity contribution in [3.63, 3.8) is 0 Å². The van der Waals surface area contributed by atoms with Crippen LogP contribution in [0.3, 0.4) is 0 Å². The van der Waals surface area contributed by atoms with E-state index in [0.29, 0.717) is 5.56 Å². The molecule has 1 atom stereocenters. The minimum absolute atomic E-state index is 0.279. The van der Waals surface area contributed by atoms with Gasteiger partial charge in [0, 0.05) is 29.9 Å². The largest absolute Gasteiger partial charge is 0.384 e. The fourth-order valence-electron chi connectivity index (χ4n) is 1.92. The van der Waals surface area contributed by atoms with Crippen LogP contribution in [-0.4, -0.2) is 32.5 Å². The molecule has 102 valence electrons. The predicted molar refractivity (Wildman–Crippen MR) is 77.1 cm³/mol. The second-order valence-electron chi connectivity index (χ2n) is 4.44. The molecule has 1 aliphatic rings. The van der Waals surface area contributed by atoms with E-state index in [1.54, 1.807) is 6.07 Å². The van der Waals surface area contributed by atoms with Crippen LogP contribution >= 0.6 is 15.9 Å². The first-order chi connectivity index (χ1) is 9.29. The molecule has 2 rings (SSSR count). The van der Waals surface area contributed by atoms with E-state index in [2.05, 4.69) is 27.3 Å². The van der Waals surface area contributed by atoms with Gasteiger partial charge < -0.3 is 14.8 Å². The van der Waals surface area contributed by atoms with Crippen LogP contribution < -0.4 is 5.32 Å². The van der Waals surface area contributed by atoms with Crippen LogP contribution in [0.1, 0.15) is 18.4 Å². The molecule has 1 aromatic carbocycles. The topological polar surface area (TPSA) is 54.3 Å². The standard InChI is InChI=1S/C14H17BrN2O2/c15-13-8-11(9-16)2-3-14(13)17-5-1-6-19-12-4-7-18-10-12/h2-3,8,12,17H,1,4-7,10H2/t12-/m1/s1. The van der Waals surface area contributed by atoms with E-state index < -0.39 is 0 Å². The zero-order valence-electron chi connectivity index (χ0n) is 10.7. The predicted octanol–water partition coefficient (Wildman–Crippen LogP) is 2.93. The van der Waals surface area contributed by atoms with Gasteiger partial charge >= 0.3 is 0 Å². The summed E-state index contributed by atoms with van der Waals surface area (Å²) in [6.07, 6.45) is 2.24. The number of nitrogens with one attached hydrogen (secondary N) is 1. The molecule has 1 aliphatic heterocycles. The van der Waals surface area contributed by atoms with Gasteiger partial charge in [-0.05, 0) is 47.0 Å². The van der Waals surface area contributed by atoms with Gasteiger partial charge in [-0.25, -0.2) is 0 Å². The summed E-state index contributed by atoms with van der Waals surface area (Å²) in [6.45, 7) is 3.14. The highest BCUT2D eigenvalue weighted by atomic mass is 79.9. The summed E-state index contributed by atoms with van der Waals surface area (Å²) in [7, 11) is 0. The maximum atomic E-state index is 8.78. The third-order valence-electron chi connectivity index (χ3n) is 2.98. The summed E-state index contributed by atoms with van der Waals surface area (Å²) < 4.78 is 11.8. The van der Waals surface area contributed by atoms with E-state index in [0.717, 1.165) is 49.4 Å². The molecule has 0 aromatic heterocycles. The van der Waals surface area contributed by atoms with Gasteiger partial charge in [-0.15, -0.1) is 0 Å². The van der Waals surface area contributed by atoms with E-state index in [-0.39, 0.29) is 6.10 Å². The van der Waals surface area contributed by atoms with Crippen molar-refractivity contribution in [2.45, 2.75) is 18.9 Å². The minimum atomic E-state index is 0.279. The molecule has 19 heavy (non-hydrogen) atoms. The van der Waals surface area contributed by atoms with Crippen molar-refractivity contribution in [2.75, 3.05) is 31.7 Å². The summed E-state index contributed by atoms with van der Waals surface area (Å²) in [6, 6.07) is 7.64. The monoisotopic (exact) mass is 324 g/mol. The van der Waals surface area contributed by atoms with Crippen LogP contribution in [0.5, 0.6) is 0 Å². The van der Waals surface area contributed by atoms with Gasteiger partial charge in [0.25, 0.3) is 0 Å². The Labute approximate surface area is 121 Å². The van der Waals surface area contributed by atoms with Gasteiger partial charge in [-0.2, -0.15) is 5.26 Å². The summed E-state index contributed by atoms with van der Waals surface area (Å²) in [5, 5.41) is 12.1. The Morgan fingerprint density at radius 2 is 2.42 bits per heavy atom. The smallest absolute Gasteiger partial charge is 0.0992 e. The molecule has 5 heteroatoms. The Morgan fingerprint density at radius 3 is 3.11 bits per heavy atom.